The number of benzene rings is 1. The van der Waals surface area contributed by atoms with Crippen molar-refractivity contribution in [3.8, 4) is 0 Å². The summed E-state index contributed by atoms with van der Waals surface area (Å²) in [4.78, 5) is 12.1. The first-order valence-corrected chi connectivity index (χ1v) is 6.86. The number of esters is 1. The molecule has 19 heavy (non-hydrogen) atoms. The summed E-state index contributed by atoms with van der Waals surface area (Å²) >= 11 is 0. The van der Waals surface area contributed by atoms with E-state index in [1.54, 1.807) is 12.1 Å². The topological polar surface area (TPSA) is 44.8 Å². The third kappa shape index (κ3) is 1.78. The van der Waals surface area contributed by atoms with Crippen LogP contribution in [0.2, 0.25) is 0 Å². The smallest absolute Gasteiger partial charge is 0.340 e. The molecule has 0 radical (unpaired) electrons. The molecule has 0 spiro atoms. The lowest BCUT2D eigenvalue weighted by molar-refractivity contribution is -0.115. The van der Waals surface area contributed by atoms with Gasteiger partial charge in [-0.15, -0.1) is 0 Å². The molecule has 1 unspecified atom stereocenters. The van der Waals surface area contributed by atoms with E-state index >= 15 is 0 Å². The average Bonchev–Trinajstić information content (AvgIpc) is 3.13. The van der Waals surface area contributed by atoms with Crippen molar-refractivity contribution in [2.45, 2.75) is 31.3 Å². The number of rotatable bonds is 2. The number of ether oxygens (including phenoxy) is 3. The van der Waals surface area contributed by atoms with Crippen LogP contribution in [0.15, 0.2) is 30.3 Å². The molecule has 1 aromatic rings. The molecule has 4 heteroatoms. The third-order valence-corrected chi connectivity index (χ3v) is 4.49. The molecule has 0 N–H and O–H groups in total. The lowest BCUT2D eigenvalue weighted by atomic mass is 9.81. The van der Waals surface area contributed by atoms with E-state index < -0.39 is 6.29 Å². The Balaban J connectivity index is 1.48. The third-order valence-electron chi connectivity index (χ3n) is 4.49. The normalized spacial score (nSPS) is 39.3. The van der Waals surface area contributed by atoms with Crippen molar-refractivity contribution in [2.24, 2.45) is 11.8 Å². The highest BCUT2D eigenvalue weighted by molar-refractivity contribution is 5.89. The zero-order valence-corrected chi connectivity index (χ0v) is 10.5. The molecule has 0 aromatic heterocycles. The van der Waals surface area contributed by atoms with E-state index in [-0.39, 0.29) is 18.0 Å². The fraction of sp³-hybridized carbons (Fsp3) is 0.533. The minimum absolute atomic E-state index is 0.214. The van der Waals surface area contributed by atoms with Crippen molar-refractivity contribution < 1.29 is 19.0 Å². The van der Waals surface area contributed by atoms with Crippen molar-refractivity contribution >= 4 is 5.97 Å². The Bertz CT molecular complexity index is 486. The van der Waals surface area contributed by atoms with E-state index in [1.807, 2.05) is 18.2 Å². The van der Waals surface area contributed by atoms with Crippen LogP contribution in [0, 0.1) is 11.8 Å². The van der Waals surface area contributed by atoms with Gasteiger partial charge in [0.1, 0.15) is 0 Å². The first kappa shape index (κ1) is 11.4. The van der Waals surface area contributed by atoms with E-state index in [4.69, 9.17) is 14.2 Å². The number of hydrogen-bond donors (Lipinski definition) is 0. The Labute approximate surface area is 111 Å². The highest BCUT2D eigenvalue weighted by Crippen LogP contribution is 2.49. The second-order valence-corrected chi connectivity index (χ2v) is 5.50. The molecule has 0 saturated carbocycles. The maximum absolute atomic E-state index is 12.1. The van der Waals surface area contributed by atoms with Crippen molar-refractivity contribution in [1.29, 1.82) is 0 Å². The number of carbonyl (C=O) groups is 1. The van der Waals surface area contributed by atoms with Crippen molar-refractivity contribution in [1.82, 2.24) is 0 Å². The van der Waals surface area contributed by atoms with Gasteiger partial charge in [0.25, 0.3) is 0 Å². The van der Waals surface area contributed by atoms with Gasteiger partial charge < -0.3 is 14.2 Å². The summed E-state index contributed by atoms with van der Waals surface area (Å²) in [6.45, 7) is 0.651. The van der Waals surface area contributed by atoms with Gasteiger partial charge >= 0.3 is 5.97 Å². The van der Waals surface area contributed by atoms with E-state index in [9.17, 15) is 4.79 Å². The van der Waals surface area contributed by atoms with Gasteiger partial charge in [-0.25, -0.2) is 4.79 Å². The van der Waals surface area contributed by atoms with Crippen LogP contribution in [-0.4, -0.2) is 31.1 Å². The van der Waals surface area contributed by atoms with Crippen LogP contribution in [-0.2, 0) is 14.2 Å². The molecule has 1 aromatic carbocycles. The highest BCUT2D eigenvalue weighted by Gasteiger charge is 2.57. The van der Waals surface area contributed by atoms with Crippen molar-refractivity contribution in [2.75, 3.05) is 6.61 Å². The zero-order chi connectivity index (χ0) is 12.8. The molecule has 5 atom stereocenters. The molecule has 3 aliphatic rings. The Kier molecular flexibility index (Phi) is 2.60. The highest BCUT2D eigenvalue weighted by atomic mass is 16.7. The SMILES string of the molecule is O=C(O[C@@H]1OC[C@@H]2C1[C@@H]1CC[C@H]2O1)c1ccccc1. The Morgan fingerprint density at radius 2 is 1.95 bits per heavy atom. The van der Waals surface area contributed by atoms with E-state index in [1.165, 1.54) is 0 Å². The first-order chi connectivity index (χ1) is 9.33. The summed E-state index contributed by atoms with van der Waals surface area (Å²) in [7, 11) is 0. The molecule has 3 aliphatic heterocycles. The minimum atomic E-state index is -0.437. The maximum Gasteiger partial charge on any atom is 0.340 e. The molecule has 3 fully saturated rings. The average molecular weight is 260 g/mol. The van der Waals surface area contributed by atoms with Crippen LogP contribution in [0.5, 0.6) is 0 Å². The lowest BCUT2D eigenvalue weighted by Crippen LogP contribution is -2.33. The summed E-state index contributed by atoms with van der Waals surface area (Å²) in [6, 6.07) is 9.05. The summed E-state index contributed by atoms with van der Waals surface area (Å²) in [6.07, 6.45) is 2.28. The van der Waals surface area contributed by atoms with Gasteiger partial charge in [-0.3, -0.25) is 0 Å². The molecule has 4 rings (SSSR count). The summed E-state index contributed by atoms with van der Waals surface area (Å²) < 4.78 is 17.1. The summed E-state index contributed by atoms with van der Waals surface area (Å²) in [5, 5.41) is 0. The van der Waals surface area contributed by atoms with Crippen LogP contribution in [0.25, 0.3) is 0 Å². The van der Waals surface area contributed by atoms with Gasteiger partial charge in [0.05, 0.1) is 30.3 Å². The molecular weight excluding hydrogens is 244 g/mol. The lowest BCUT2D eigenvalue weighted by Gasteiger charge is -2.23. The Morgan fingerprint density at radius 3 is 2.79 bits per heavy atom. The van der Waals surface area contributed by atoms with Crippen molar-refractivity contribution in [3.63, 3.8) is 0 Å². The monoisotopic (exact) mass is 260 g/mol. The Hall–Kier alpha value is -1.39. The second kappa shape index (κ2) is 4.32. The van der Waals surface area contributed by atoms with Crippen molar-refractivity contribution in [3.05, 3.63) is 35.9 Å². The fourth-order valence-electron chi connectivity index (χ4n) is 3.58. The number of fused-ring (bicyclic) bond motifs is 5. The summed E-state index contributed by atoms with van der Waals surface area (Å²) in [5.74, 6) is 0.327. The molecule has 3 heterocycles. The predicted octanol–water partition coefficient (Wildman–Crippen LogP) is 1.99. The van der Waals surface area contributed by atoms with Gasteiger partial charge in [-0.1, -0.05) is 18.2 Å². The van der Waals surface area contributed by atoms with Crippen LogP contribution >= 0.6 is 0 Å². The standard InChI is InChI=1S/C15H16O4/c16-14(9-4-2-1-3-5-9)19-15-13-10(8-17-15)11-6-7-12(13)18-11/h1-5,10-13,15H,6-8H2/t10-,11+,12-,13?,15-/m0/s1. The quantitative estimate of drug-likeness (QED) is 0.763. The predicted molar refractivity (Wildman–Crippen MR) is 66.5 cm³/mol. The largest absolute Gasteiger partial charge is 0.432 e. The van der Waals surface area contributed by atoms with E-state index in [0.717, 1.165) is 12.8 Å². The first-order valence-electron chi connectivity index (χ1n) is 6.86. The molecule has 0 aliphatic carbocycles. The minimum Gasteiger partial charge on any atom is -0.432 e. The molecule has 100 valence electrons. The van der Waals surface area contributed by atoms with Gasteiger partial charge in [-0.2, -0.15) is 0 Å². The van der Waals surface area contributed by atoms with Gasteiger partial charge in [0, 0.05) is 5.92 Å². The Morgan fingerprint density at radius 1 is 1.16 bits per heavy atom. The van der Waals surface area contributed by atoms with E-state index in [0.29, 0.717) is 24.2 Å². The molecule has 3 saturated heterocycles. The van der Waals surface area contributed by atoms with Crippen LogP contribution < -0.4 is 0 Å². The van der Waals surface area contributed by atoms with Crippen LogP contribution in [0.4, 0.5) is 0 Å². The fourth-order valence-corrected chi connectivity index (χ4v) is 3.58. The van der Waals surface area contributed by atoms with Crippen LogP contribution in [0.3, 0.4) is 0 Å². The molecule has 2 bridgehead atoms. The molecular formula is C15H16O4. The second-order valence-electron chi connectivity index (χ2n) is 5.50. The molecule has 0 amide bonds. The van der Waals surface area contributed by atoms with Gasteiger partial charge in [-0.05, 0) is 25.0 Å². The van der Waals surface area contributed by atoms with Gasteiger partial charge in [0.15, 0.2) is 0 Å². The van der Waals surface area contributed by atoms with Gasteiger partial charge in [0.2, 0.25) is 6.29 Å². The number of carbonyl (C=O) groups excluding carboxylic acids is 1. The van der Waals surface area contributed by atoms with E-state index in [2.05, 4.69) is 0 Å². The molecule has 4 nitrogen and oxygen atoms in total. The maximum atomic E-state index is 12.1. The summed E-state index contributed by atoms with van der Waals surface area (Å²) in [5.41, 5.74) is 0.568. The number of hydrogen-bond acceptors (Lipinski definition) is 4. The zero-order valence-electron chi connectivity index (χ0n) is 10.5. The van der Waals surface area contributed by atoms with Crippen LogP contribution in [0.1, 0.15) is 23.2 Å².